The maximum atomic E-state index is 12.1. The minimum absolute atomic E-state index is 0.0548. The summed E-state index contributed by atoms with van der Waals surface area (Å²) in [5.74, 6) is -0.251. The average Bonchev–Trinajstić information content (AvgIpc) is 2.43. The van der Waals surface area contributed by atoms with Gasteiger partial charge in [0.25, 0.3) is 21.3 Å². The number of nitro benzene ring substituents is 1. The Morgan fingerprint density at radius 1 is 1.23 bits per heavy atom. The second-order valence-corrected chi connectivity index (χ2v) is 6.14. The standard InChI is InChI=1S/C10H9N5O5S2/c11-8-7(9(16)13-10(21)12-8)14-22(19,20)6-3-1-5(2-4-6)15(17)18/h1-4,14H,(H4,11,12,13,16,21). The molecular weight excluding hydrogens is 334 g/mol. The van der Waals surface area contributed by atoms with Gasteiger partial charge in [0.1, 0.15) is 5.82 Å². The van der Waals surface area contributed by atoms with Crippen molar-refractivity contribution < 1.29 is 13.3 Å². The van der Waals surface area contributed by atoms with E-state index in [9.17, 15) is 23.3 Å². The third-order valence-electron chi connectivity index (χ3n) is 2.57. The van der Waals surface area contributed by atoms with Crippen LogP contribution in [0.3, 0.4) is 0 Å². The van der Waals surface area contributed by atoms with Gasteiger partial charge in [0.05, 0.1) is 9.82 Å². The third kappa shape index (κ3) is 3.12. The van der Waals surface area contributed by atoms with Crippen LogP contribution in [0.15, 0.2) is 34.0 Å². The molecule has 0 radical (unpaired) electrons. The molecule has 0 spiro atoms. The van der Waals surface area contributed by atoms with E-state index in [0.717, 1.165) is 24.3 Å². The van der Waals surface area contributed by atoms with Gasteiger partial charge in [0.2, 0.25) is 0 Å². The zero-order valence-corrected chi connectivity index (χ0v) is 12.3. The first kappa shape index (κ1) is 15.7. The Hall–Kier alpha value is -2.73. The lowest BCUT2D eigenvalue weighted by Crippen LogP contribution is -2.22. The maximum absolute atomic E-state index is 12.1. The summed E-state index contributed by atoms with van der Waals surface area (Å²) in [5, 5.41) is 10.5. The normalized spacial score (nSPS) is 11.1. The number of H-pyrrole nitrogens is 2. The molecule has 0 aliphatic heterocycles. The van der Waals surface area contributed by atoms with E-state index in [1.54, 1.807) is 0 Å². The highest BCUT2D eigenvalue weighted by molar-refractivity contribution is 7.92. The van der Waals surface area contributed by atoms with E-state index in [1.807, 2.05) is 4.72 Å². The molecule has 1 aromatic carbocycles. The Labute approximate surface area is 128 Å². The van der Waals surface area contributed by atoms with Crippen LogP contribution < -0.4 is 16.0 Å². The number of non-ortho nitro benzene ring substituents is 1. The van der Waals surface area contributed by atoms with Crippen LogP contribution in [0.1, 0.15) is 0 Å². The first-order chi connectivity index (χ1) is 10.2. The average molecular weight is 343 g/mol. The van der Waals surface area contributed by atoms with Crippen LogP contribution in [0.4, 0.5) is 17.2 Å². The van der Waals surface area contributed by atoms with Gasteiger partial charge in [-0.1, -0.05) is 0 Å². The molecule has 0 aliphatic rings. The summed E-state index contributed by atoms with van der Waals surface area (Å²) >= 11 is 4.69. The van der Waals surface area contributed by atoms with Crippen LogP contribution in [-0.4, -0.2) is 23.3 Å². The number of nitrogens with one attached hydrogen (secondary N) is 3. The van der Waals surface area contributed by atoms with Gasteiger partial charge in [-0.05, 0) is 24.4 Å². The van der Waals surface area contributed by atoms with Crippen molar-refractivity contribution in [2.45, 2.75) is 4.90 Å². The molecule has 1 aromatic heterocycles. The maximum Gasteiger partial charge on any atom is 0.278 e. The van der Waals surface area contributed by atoms with Crippen molar-refractivity contribution in [2.24, 2.45) is 0 Å². The Morgan fingerprint density at radius 3 is 2.32 bits per heavy atom. The zero-order valence-electron chi connectivity index (χ0n) is 10.7. The predicted octanol–water partition coefficient (Wildman–Crippen LogP) is 0.724. The minimum Gasteiger partial charge on any atom is -0.383 e. The largest absolute Gasteiger partial charge is 0.383 e. The topological polar surface area (TPSA) is 164 Å². The number of nitrogen functional groups attached to an aromatic ring is 1. The Kier molecular flexibility index (Phi) is 3.97. The second-order valence-electron chi connectivity index (χ2n) is 4.05. The molecule has 0 saturated carbocycles. The summed E-state index contributed by atoms with van der Waals surface area (Å²) in [6, 6.07) is 4.13. The molecule has 12 heteroatoms. The molecule has 5 N–H and O–H groups in total. The van der Waals surface area contributed by atoms with Crippen molar-refractivity contribution in [3.63, 3.8) is 0 Å². The number of nitro groups is 1. The number of nitrogens with zero attached hydrogens (tertiary/aromatic N) is 1. The van der Waals surface area contributed by atoms with Gasteiger partial charge in [-0.25, -0.2) is 8.42 Å². The van der Waals surface area contributed by atoms with Crippen molar-refractivity contribution in [1.82, 2.24) is 9.97 Å². The first-order valence-corrected chi connectivity index (χ1v) is 7.49. The second kappa shape index (κ2) is 5.57. The molecule has 0 bridgehead atoms. The lowest BCUT2D eigenvalue weighted by atomic mass is 10.3. The molecule has 0 amide bonds. The van der Waals surface area contributed by atoms with Crippen LogP contribution in [0.25, 0.3) is 0 Å². The molecule has 2 rings (SSSR count). The molecule has 0 aliphatic carbocycles. The van der Waals surface area contributed by atoms with Crippen molar-refractivity contribution in [1.29, 1.82) is 0 Å². The quantitative estimate of drug-likeness (QED) is 0.361. The van der Waals surface area contributed by atoms with Crippen LogP contribution in [0.5, 0.6) is 0 Å². The molecule has 1 heterocycles. The van der Waals surface area contributed by atoms with Crippen LogP contribution in [0.2, 0.25) is 0 Å². The zero-order chi connectivity index (χ0) is 16.5. The Bertz CT molecular complexity index is 945. The molecular formula is C10H9N5O5S2. The summed E-state index contributed by atoms with van der Waals surface area (Å²) in [4.78, 5) is 25.9. The molecule has 116 valence electrons. The Balaban J connectivity index is 2.42. The van der Waals surface area contributed by atoms with Crippen LogP contribution in [0, 0.1) is 14.9 Å². The summed E-state index contributed by atoms with van der Waals surface area (Å²) in [5.41, 5.74) is 4.01. The third-order valence-corrected chi connectivity index (χ3v) is 4.14. The molecule has 2 aromatic rings. The van der Waals surface area contributed by atoms with Crippen molar-refractivity contribution in [3.05, 3.63) is 49.5 Å². The number of nitrogens with two attached hydrogens (primary N) is 1. The number of hydrogen-bond donors (Lipinski definition) is 4. The van der Waals surface area contributed by atoms with E-state index in [1.165, 1.54) is 0 Å². The molecule has 0 fully saturated rings. The van der Waals surface area contributed by atoms with Crippen molar-refractivity contribution >= 4 is 39.4 Å². The summed E-state index contributed by atoms with van der Waals surface area (Å²) < 4.78 is 26.2. The fourth-order valence-electron chi connectivity index (χ4n) is 1.55. The number of benzene rings is 1. The van der Waals surface area contributed by atoms with Gasteiger partial charge < -0.3 is 10.7 Å². The van der Waals surface area contributed by atoms with Crippen molar-refractivity contribution in [3.8, 4) is 0 Å². The lowest BCUT2D eigenvalue weighted by Gasteiger charge is -2.09. The number of anilines is 2. The lowest BCUT2D eigenvalue weighted by molar-refractivity contribution is -0.384. The van der Waals surface area contributed by atoms with Gasteiger partial charge >= 0.3 is 0 Å². The molecule has 0 saturated heterocycles. The van der Waals surface area contributed by atoms with Gasteiger partial charge in [0.15, 0.2) is 10.5 Å². The SMILES string of the molecule is Nc1[nH]c(=S)[nH]c(=O)c1NS(=O)(=O)c1ccc([N+](=O)[O-])cc1. The highest BCUT2D eigenvalue weighted by Gasteiger charge is 2.19. The Morgan fingerprint density at radius 2 is 1.82 bits per heavy atom. The number of aromatic nitrogens is 2. The van der Waals surface area contributed by atoms with E-state index in [4.69, 9.17) is 5.73 Å². The van der Waals surface area contributed by atoms with E-state index in [2.05, 4.69) is 22.2 Å². The fraction of sp³-hybridized carbons (Fsp3) is 0. The fourth-order valence-corrected chi connectivity index (χ4v) is 2.83. The highest BCUT2D eigenvalue weighted by atomic mass is 32.2. The molecule has 10 nitrogen and oxygen atoms in total. The first-order valence-electron chi connectivity index (χ1n) is 5.60. The van der Waals surface area contributed by atoms with Gasteiger partial charge in [-0.2, -0.15) is 0 Å². The van der Waals surface area contributed by atoms with Gasteiger partial charge in [-0.3, -0.25) is 24.6 Å². The molecule has 22 heavy (non-hydrogen) atoms. The number of aromatic amines is 2. The van der Waals surface area contributed by atoms with Gasteiger partial charge in [-0.15, -0.1) is 0 Å². The smallest absolute Gasteiger partial charge is 0.278 e. The van der Waals surface area contributed by atoms with Crippen molar-refractivity contribution in [2.75, 3.05) is 10.5 Å². The number of hydrogen-bond acceptors (Lipinski definition) is 7. The van der Waals surface area contributed by atoms with E-state index < -0.39 is 26.2 Å². The van der Waals surface area contributed by atoms with E-state index in [-0.39, 0.29) is 21.2 Å². The van der Waals surface area contributed by atoms with Crippen LogP contribution in [-0.2, 0) is 10.0 Å². The summed E-state index contributed by atoms with van der Waals surface area (Å²) in [6.07, 6.45) is 0. The van der Waals surface area contributed by atoms with E-state index in [0.29, 0.717) is 0 Å². The van der Waals surface area contributed by atoms with E-state index >= 15 is 0 Å². The summed E-state index contributed by atoms with van der Waals surface area (Å²) in [6.45, 7) is 0. The minimum atomic E-state index is -4.14. The highest BCUT2D eigenvalue weighted by Crippen LogP contribution is 2.19. The molecule has 0 atom stereocenters. The van der Waals surface area contributed by atoms with Gasteiger partial charge in [0, 0.05) is 12.1 Å². The number of rotatable bonds is 4. The number of sulfonamides is 1. The van der Waals surface area contributed by atoms with Crippen LogP contribution >= 0.6 is 12.2 Å². The summed E-state index contributed by atoms with van der Waals surface area (Å²) in [7, 11) is -4.14. The predicted molar refractivity (Wildman–Crippen MR) is 80.6 cm³/mol. The molecule has 0 unspecified atom stereocenters. The monoisotopic (exact) mass is 343 g/mol.